The third-order valence-electron chi connectivity index (χ3n) is 4.00. The Kier molecular flexibility index (Phi) is 10.3. The Morgan fingerprint density at radius 3 is 2.00 bits per heavy atom. The van der Waals surface area contributed by atoms with Crippen molar-refractivity contribution < 1.29 is 51.0 Å². The van der Waals surface area contributed by atoms with Gasteiger partial charge >= 0.3 is 26.2 Å². The molecule has 0 saturated carbocycles. The molecule has 1 unspecified atom stereocenters. The van der Waals surface area contributed by atoms with Crippen LogP contribution in [-0.4, -0.2) is 4.98 Å². The minimum Gasteiger partial charge on any atom is -1.00 e. The van der Waals surface area contributed by atoms with Gasteiger partial charge in [0.25, 0.3) is 0 Å². The molecule has 20 heavy (non-hydrogen) atoms. The zero-order valence-corrected chi connectivity index (χ0v) is 16.7. The van der Waals surface area contributed by atoms with Gasteiger partial charge in [-0.05, 0) is 0 Å². The molecule has 0 saturated heterocycles. The fraction of sp³-hybridized carbons (Fsp3) is 0.438. The van der Waals surface area contributed by atoms with Gasteiger partial charge in [-0.15, -0.1) is 11.8 Å². The average Bonchev–Trinajstić information content (AvgIpc) is 2.80. The Balaban J connectivity index is 0. The van der Waals surface area contributed by atoms with E-state index in [4.69, 9.17) is 0 Å². The van der Waals surface area contributed by atoms with Crippen molar-refractivity contribution in [1.29, 1.82) is 0 Å². The van der Waals surface area contributed by atoms with Gasteiger partial charge in [0, 0.05) is 0 Å². The number of aromatic nitrogens is 1. The first-order chi connectivity index (χ1) is 8.02. The first-order valence-electron chi connectivity index (χ1n) is 6.29. The SMILES string of the molecule is Cc1[c-][nH]cc1.Cc1c(C)c2[c-](c1C)C(C)C2.[Cl-].[Cl-].[Zr+4]. The molecule has 0 aliphatic heterocycles. The van der Waals surface area contributed by atoms with E-state index < -0.39 is 0 Å². The van der Waals surface area contributed by atoms with Gasteiger partial charge in [-0.1, -0.05) is 47.0 Å². The largest absolute Gasteiger partial charge is 4.00 e. The van der Waals surface area contributed by atoms with E-state index in [0.29, 0.717) is 0 Å². The maximum Gasteiger partial charge on any atom is 4.00 e. The van der Waals surface area contributed by atoms with Crippen LogP contribution in [0.2, 0.25) is 0 Å². The molecule has 108 valence electrons. The van der Waals surface area contributed by atoms with Crippen LogP contribution in [0.25, 0.3) is 0 Å². The maximum atomic E-state index is 2.88. The van der Waals surface area contributed by atoms with Crippen molar-refractivity contribution in [3.05, 3.63) is 51.8 Å². The van der Waals surface area contributed by atoms with Crippen LogP contribution in [0.5, 0.6) is 0 Å². The molecule has 1 N–H and O–H groups in total. The smallest absolute Gasteiger partial charge is 1.00 e. The minimum atomic E-state index is 0. The molecule has 2 aromatic rings. The second kappa shape index (κ2) is 9.18. The molecule has 0 fully saturated rings. The summed E-state index contributed by atoms with van der Waals surface area (Å²) in [7, 11) is 0. The van der Waals surface area contributed by atoms with Crippen molar-refractivity contribution in [3.63, 3.8) is 0 Å². The summed E-state index contributed by atoms with van der Waals surface area (Å²) in [6, 6.07) is 1.97. The van der Waals surface area contributed by atoms with Gasteiger partial charge in [0.1, 0.15) is 0 Å². The zero-order valence-electron chi connectivity index (χ0n) is 12.7. The first kappa shape index (κ1) is 22.4. The number of H-pyrrole nitrogens is 1. The topological polar surface area (TPSA) is 15.8 Å². The van der Waals surface area contributed by atoms with E-state index in [0.717, 1.165) is 11.5 Å². The Bertz CT molecular complexity index is 496. The molecule has 3 rings (SSSR count). The molecule has 1 heterocycles. The summed E-state index contributed by atoms with van der Waals surface area (Å²) < 4.78 is 0. The fourth-order valence-corrected chi connectivity index (χ4v) is 2.71. The summed E-state index contributed by atoms with van der Waals surface area (Å²) in [6.07, 6.45) is 6.05. The van der Waals surface area contributed by atoms with Crippen LogP contribution >= 0.6 is 0 Å². The standard InChI is InChI=1S/C11H15.C5H6N.2ClH.Zr/c1-6-5-10-8(3)7(2)9(4)11(6)10;1-5-2-3-6-4-5;;;/h6H,5H2,1-4H3;2-3,6H,1H3;2*1H;/q2*-1;;;+4/p-2. The molecule has 1 aliphatic carbocycles. The van der Waals surface area contributed by atoms with Gasteiger partial charge in [-0.25, -0.2) is 0 Å². The van der Waals surface area contributed by atoms with E-state index in [1.807, 2.05) is 19.2 Å². The predicted molar refractivity (Wildman–Crippen MR) is 72.7 cm³/mol. The number of aromatic amines is 1. The third kappa shape index (κ3) is 4.29. The number of nitrogens with one attached hydrogen (secondary N) is 1. The fourth-order valence-electron chi connectivity index (χ4n) is 2.71. The number of aryl methyl sites for hydroxylation is 1. The molecule has 0 amide bonds. The number of halogens is 2. The second-order valence-electron chi connectivity index (χ2n) is 5.16. The Morgan fingerprint density at radius 1 is 1.15 bits per heavy atom. The van der Waals surface area contributed by atoms with Crippen LogP contribution in [0.4, 0.5) is 0 Å². The van der Waals surface area contributed by atoms with Crippen LogP contribution < -0.4 is 24.8 Å². The Hall–Kier alpha value is 0.0931. The molecule has 1 aromatic carbocycles. The summed E-state index contributed by atoms with van der Waals surface area (Å²) in [5, 5.41) is 0. The first-order valence-corrected chi connectivity index (χ1v) is 6.29. The summed E-state index contributed by atoms with van der Waals surface area (Å²) in [5.41, 5.74) is 9.09. The number of rotatable bonds is 0. The maximum absolute atomic E-state index is 2.88. The molecular weight excluding hydrogens is 368 g/mol. The van der Waals surface area contributed by atoms with E-state index in [1.165, 1.54) is 12.0 Å². The Morgan fingerprint density at radius 2 is 1.75 bits per heavy atom. The quantitative estimate of drug-likeness (QED) is 0.508. The van der Waals surface area contributed by atoms with E-state index in [1.54, 1.807) is 22.3 Å². The summed E-state index contributed by atoms with van der Waals surface area (Å²) in [6.45, 7) is 11.1. The van der Waals surface area contributed by atoms with Gasteiger partial charge in [-0.3, -0.25) is 0 Å². The normalized spacial score (nSPS) is 14.3. The van der Waals surface area contributed by atoms with Crippen LogP contribution in [0.15, 0.2) is 12.3 Å². The summed E-state index contributed by atoms with van der Waals surface area (Å²) in [5.74, 6) is 0.831. The molecule has 1 aromatic heterocycles. The molecule has 1 nitrogen and oxygen atoms in total. The van der Waals surface area contributed by atoms with Crippen LogP contribution in [0, 0.1) is 33.9 Å². The molecule has 0 radical (unpaired) electrons. The molecule has 0 bridgehead atoms. The molecule has 0 spiro atoms. The van der Waals surface area contributed by atoms with E-state index in [-0.39, 0.29) is 51.0 Å². The molecule has 4 heteroatoms. The minimum absolute atomic E-state index is 0. The van der Waals surface area contributed by atoms with Crippen molar-refractivity contribution in [2.24, 2.45) is 0 Å². The van der Waals surface area contributed by atoms with E-state index in [9.17, 15) is 0 Å². The van der Waals surface area contributed by atoms with Gasteiger partial charge < -0.3 is 29.8 Å². The zero-order chi connectivity index (χ0) is 12.6. The molecular formula is C16H21Cl2NZr. The average molecular weight is 389 g/mol. The van der Waals surface area contributed by atoms with Crippen LogP contribution in [0.3, 0.4) is 0 Å². The monoisotopic (exact) mass is 387 g/mol. The number of hydrogen-bond acceptors (Lipinski definition) is 0. The number of hydrogen-bond donors (Lipinski definition) is 1. The van der Waals surface area contributed by atoms with Gasteiger partial charge in [-0.2, -0.15) is 40.1 Å². The van der Waals surface area contributed by atoms with Crippen LogP contribution in [-0.2, 0) is 32.6 Å². The van der Waals surface area contributed by atoms with E-state index in [2.05, 4.69) is 38.9 Å². The van der Waals surface area contributed by atoms with Crippen molar-refractivity contribution in [1.82, 2.24) is 4.98 Å². The number of fused-ring (bicyclic) bond motifs is 1. The van der Waals surface area contributed by atoms with Crippen molar-refractivity contribution in [2.45, 2.75) is 47.0 Å². The summed E-state index contributed by atoms with van der Waals surface area (Å²) >= 11 is 0. The van der Waals surface area contributed by atoms with Crippen molar-refractivity contribution in [3.8, 4) is 0 Å². The van der Waals surface area contributed by atoms with E-state index >= 15 is 0 Å². The Labute approximate surface area is 154 Å². The molecule has 1 atom stereocenters. The second-order valence-corrected chi connectivity index (χ2v) is 5.16. The van der Waals surface area contributed by atoms with Crippen LogP contribution in [0.1, 0.15) is 46.2 Å². The predicted octanol–water partition coefficient (Wildman–Crippen LogP) is -1.88. The van der Waals surface area contributed by atoms with Crippen molar-refractivity contribution >= 4 is 0 Å². The third-order valence-corrected chi connectivity index (χ3v) is 4.00. The van der Waals surface area contributed by atoms with Gasteiger partial charge in [0.2, 0.25) is 0 Å². The van der Waals surface area contributed by atoms with Gasteiger partial charge in [0.15, 0.2) is 0 Å². The van der Waals surface area contributed by atoms with Gasteiger partial charge in [0.05, 0.1) is 0 Å². The molecule has 1 aliphatic rings. The summed E-state index contributed by atoms with van der Waals surface area (Å²) in [4.78, 5) is 2.80. The van der Waals surface area contributed by atoms with Crippen molar-refractivity contribution in [2.75, 3.05) is 0 Å².